The maximum atomic E-state index is 13.1. The molecule has 2 aromatic carbocycles. The number of thioether (sulfide) groups is 1. The largest absolute Gasteiger partial charge is 0.433 e. The highest BCUT2D eigenvalue weighted by molar-refractivity contribution is 14.1. The van der Waals surface area contributed by atoms with Crippen LogP contribution >= 0.6 is 34.4 Å². The highest BCUT2D eigenvalue weighted by Crippen LogP contribution is 2.34. The first-order chi connectivity index (χ1) is 13.2. The van der Waals surface area contributed by atoms with Crippen molar-refractivity contribution in [3.63, 3.8) is 0 Å². The van der Waals surface area contributed by atoms with Gasteiger partial charge in [0.2, 0.25) is 10.0 Å². The summed E-state index contributed by atoms with van der Waals surface area (Å²) in [7, 11) is -3.66. The number of alkyl halides is 3. The number of aromatic nitrogens is 1. The van der Waals surface area contributed by atoms with Crippen LogP contribution < -0.4 is 4.72 Å². The zero-order valence-electron chi connectivity index (χ0n) is 14.2. The molecule has 3 rings (SSSR count). The van der Waals surface area contributed by atoms with Crippen molar-refractivity contribution in [1.82, 2.24) is 9.71 Å². The van der Waals surface area contributed by atoms with Gasteiger partial charge < -0.3 is 0 Å². The molecular weight excluding hydrogens is 524 g/mol. The number of nitrogens with one attached hydrogen (secondary N) is 1. The molecule has 148 valence electrons. The van der Waals surface area contributed by atoms with Crippen molar-refractivity contribution in [2.24, 2.45) is 0 Å². The maximum Gasteiger partial charge on any atom is 0.433 e. The van der Waals surface area contributed by atoms with Gasteiger partial charge in [0.15, 0.2) is 0 Å². The van der Waals surface area contributed by atoms with Gasteiger partial charge in [0.25, 0.3) is 0 Å². The lowest BCUT2D eigenvalue weighted by atomic mass is 10.2. The summed E-state index contributed by atoms with van der Waals surface area (Å²) in [5.74, 6) is 0.273. The normalized spacial score (nSPS) is 12.4. The number of hydrogen-bond donors (Lipinski definition) is 1. The van der Waals surface area contributed by atoms with Gasteiger partial charge in [0.05, 0.1) is 10.4 Å². The number of rotatable bonds is 6. The Balaban J connectivity index is 1.72. The van der Waals surface area contributed by atoms with Crippen molar-refractivity contribution in [2.75, 3.05) is 12.3 Å². The van der Waals surface area contributed by atoms with E-state index in [-0.39, 0.29) is 22.7 Å². The van der Waals surface area contributed by atoms with E-state index in [9.17, 15) is 21.6 Å². The minimum Gasteiger partial charge on any atom is -0.243 e. The number of fused-ring (bicyclic) bond motifs is 1. The maximum absolute atomic E-state index is 13.1. The molecule has 0 unspecified atom stereocenters. The molecule has 0 fully saturated rings. The number of sulfonamides is 1. The Morgan fingerprint density at radius 2 is 1.75 bits per heavy atom. The van der Waals surface area contributed by atoms with Crippen LogP contribution in [0.5, 0.6) is 0 Å². The molecule has 0 aliphatic heterocycles. The zero-order chi connectivity index (χ0) is 20.4. The molecule has 1 N–H and O–H groups in total. The minimum atomic E-state index is -4.55. The summed E-state index contributed by atoms with van der Waals surface area (Å²) in [5, 5.41) is 0.598. The number of hydrogen-bond acceptors (Lipinski definition) is 4. The minimum absolute atomic E-state index is 0.0803. The second-order valence-corrected chi connectivity index (χ2v) is 9.87. The predicted octanol–water partition coefficient (Wildman–Crippen LogP) is 4.93. The Kier molecular flexibility index (Phi) is 6.52. The molecule has 0 amide bonds. The summed E-state index contributed by atoms with van der Waals surface area (Å²) >= 11 is 3.23. The molecule has 1 heterocycles. The predicted molar refractivity (Wildman–Crippen MR) is 112 cm³/mol. The average Bonchev–Trinajstić information content (AvgIpc) is 2.64. The van der Waals surface area contributed by atoms with Gasteiger partial charge in [-0.1, -0.05) is 18.2 Å². The average molecular weight is 538 g/mol. The number of benzene rings is 2. The molecule has 4 nitrogen and oxygen atoms in total. The Hall–Kier alpha value is -1.37. The summed E-state index contributed by atoms with van der Waals surface area (Å²) in [4.78, 5) is 4.22. The summed E-state index contributed by atoms with van der Waals surface area (Å²) in [6.45, 7) is 0.0803. The highest BCUT2D eigenvalue weighted by Gasteiger charge is 2.33. The Labute approximate surface area is 178 Å². The molecule has 0 saturated heterocycles. The van der Waals surface area contributed by atoms with Crippen molar-refractivity contribution in [3.05, 3.63) is 63.9 Å². The number of para-hydroxylation sites is 1. The van der Waals surface area contributed by atoms with Crippen LogP contribution in [0.3, 0.4) is 0 Å². The fourth-order valence-corrected chi connectivity index (χ4v) is 4.91. The van der Waals surface area contributed by atoms with Gasteiger partial charge in [-0.15, -0.1) is 11.8 Å². The summed E-state index contributed by atoms with van der Waals surface area (Å²) < 4.78 is 67.2. The third-order valence-electron chi connectivity index (χ3n) is 3.74. The van der Waals surface area contributed by atoms with Gasteiger partial charge in [-0.05, 0) is 59.0 Å². The molecule has 10 heteroatoms. The van der Waals surface area contributed by atoms with Crippen LogP contribution in [0.25, 0.3) is 10.9 Å². The fourth-order valence-electron chi connectivity index (χ4n) is 2.44. The van der Waals surface area contributed by atoms with Gasteiger partial charge in [-0.2, -0.15) is 13.2 Å². The van der Waals surface area contributed by atoms with Crippen LogP contribution in [0, 0.1) is 3.57 Å². The SMILES string of the molecule is O=S(=O)(NCCSc1cc(C(F)(F)F)nc2ccccc12)c1ccc(I)cc1. The molecule has 0 spiro atoms. The van der Waals surface area contributed by atoms with E-state index in [0.717, 1.165) is 21.4 Å². The molecule has 0 saturated carbocycles. The highest BCUT2D eigenvalue weighted by atomic mass is 127. The molecule has 3 aromatic rings. The third-order valence-corrected chi connectivity index (χ3v) is 7.00. The molecule has 0 bridgehead atoms. The Morgan fingerprint density at radius 3 is 2.43 bits per heavy atom. The van der Waals surface area contributed by atoms with Crippen LogP contribution in [0.4, 0.5) is 13.2 Å². The monoisotopic (exact) mass is 538 g/mol. The Bertz CT molecular complexity index is 1090. The number of pyridine rings is 1. The quantitative estimate of drug-likeness (QED) is 0.275. The summed E-state index contributed by atoms with van der Waals surface area (Å²) in [5.41, 5.74) is -0.715. The molecule has 0 atom stereocenters. The van der Waals surface area contributed by atoms with Gasteiger partial charge in [0.1, 0.15) is 5.69 Å². The lowest BCUT2D eigenvalue weighted by Crippen LogP contribution is -2.26. The summed E-state index contributed by atoms with van der Waals surface area (Å²) in [6, 6.07) is 13.9. The van der Waals surface area contributed by atoms with Crippen molar-refractivity contribution >= 4 is 55.3 Å². The van der Waals surface area contributed by atoms with Gasteiger partial charge in [-0.3, -0.25) is 0 Å². The molecule has 0 aliphatic rings. The summed E-state index contributed by atoms with van der Waals surface area (Å²) in [6.07, 6.45) is -4.55. The van der Waals surface area contributed by atoms with E-state index in [1.165, 1.54) is 18.2 Å². The van der Waals surface area contributed by atoms with Gasteiger partial charge in [-0.25, -0.2) is 18.1 Å². The zero-order valence-corrected chi connectivity index (χ0v) is 18.0. The smallest absolute Gasteiger partial charge is 0.243 e. The van der Waals surface area contributed by atoms with Crippen molar-refractivity contribution in [2.45, 2.75) is 16.0 Å². The van der Waals surface area contributed by atoms with E-state index in [1.54, 1.807) is 30.3 Å². The topological polar surface area (TPSA) is 59.1 Å². The van der Waals surface area contributed by atoms with Crippen LogP contribution in [0.2, 0.25) is 0 Å². The van der Waals surface area contributed by atoms with E-state index >= 15 is 0 Å². The van der Waals surface area contributed by atoms with Gasteiger partial charge >= 0.3 is 6.18 Å². The first kappa shape index (κ1) is 21.3. The van der Waals surface area contributed by atoms with Crippen LogP contribution in [0.15, 0.2) is 64.4 Å². The van der Waals surface area contributed by atoms with E-state index in [2.05, 4.69) is 32.3 Å². The Morgan fingerprint density at radius 1 is 1.07 bits per heavy atom. The third kappa shape index (κ3) is 5.16. The van der Waals surface area contributed by atoms with E-state index in [4.69, 9.17) is 0 Å². The van der Waals surface area contributed by atoms with E-state index in [0.29, 0.717) is 10.3 Å². The van der Waals surface area contributed by atoms with Crippen molar-refractivity contribution < 1.29 is 21.6 Å². The van der Waals surface area contributed by atoms with Crippen molar-refractivity contribution in [1.29, 1.82) is 0 Å². The number of nitrogens with zero attached hydrogens (tertiary/aromatic N) is 1. The van der Waals surface area contributed by atoms with Crippen LogP contribution in [0.1, 0.15) is 5.69 Å². The lowest BCUT2D eigenvalue weighted by molar-refractivity contribution is -0.141. The molecule has 0 radical (unpaired) electrons. The first-order valence-corrected chi connectivity index (χ1v) is 11.6. The fraction of sp³-hybridized carbons (Fsp3) is 0.167. The van der Waals surface area contributed by atoms with Gasteiger partial charge in [0, 0.05) is 26.1 Å². The van der Waals surface area contributed by atoms with Crippen molar-refractivity contribution in [3.8, 4) is 0 Å². The second-order valence-electron chi connectivity index (χ2n) is 5.72. The van der Waals surface area contributed by atoms with Crippen LogP contribution in [-0.2, 0) is 16.2 Å². The number of halogens is 4. The molecule has 1 aromatic heterocycles. The standard InChI is InChI=1S/C18H14F3IN2O2S2/c19-18(20,21)17-11-16(14-3-1-2-4-15(14)24-17)27-10-9-23-28(25,26)13-7-5-12(22)6-8-13/h1-8,11,23H,9-10H2. The van der Waals surface area contributed by atoms with Crippen LogP contribution in [-0.4, -0.2) is 25.7 Å². The second kappa shape index (κ2) is 8.56. The molecule has 28 heavy (non-hydrogen) atoms. The molecule has 0 aliphatic carbocycles. The van der Waals surface area contributed by atoms with E-state index < -0.39 is 21.9 Å². The van der Waals surface area contributed by atoms with E-state index in [1.807, 2.05) is 0 Å². The lowest BCUT2D eigenvalue weighted by Gasteiger charge is -2.12. The molecular formula is C18H14F3IN2O2S2. The first-order valence-electron chi connectivity index (χ1n) is 8.02.